The Morgan fingerprint density at radius 1 is 1.41 bits per heavy atom. The first-order valence-electron chi connectivity index (χ1n) is 9.25. The second-order valence-corrected chi connectivity index (χ2v) is 7.79. The Morgan fingerprint density at radius 2 is 2.26 bits per heavy atom. The fourth-order valence-corrected chi connectivity index (χ4v) is 4.44. The normalized spacial score (nSPS) is 16.1. The Morgan fingerprint density at radius 3 is 3.11 bits per heavy atom. The summed E-state index contributed by atoms with van der Waals surface area (Å²) in [5, 5.41) is 10.3. The van der Waals surface area contributed by atoms with E-state index in [1.807, 2.05) is 17.8 Å². The van der Waals surface area contributed by atoms with Crippen LogP contribution in [0.25, 0.3) is 0 Å². The maximum atomic E-state index is 12.7. The summed E-state index contributed by atoms with van der Waals surface area (Å²) in [6, 6.07) is 8.65. The van der Waals surface area contributed by atoms with E-state index in [1.165, 1.54) is 22.5 Å². The first-order valence-corrected chi connectivity index (χ1v) is 10.1. The summed E-state index contributed by atoms with van der Waals surface area (Å²) >= 11 is 1.47. The van der Waals surface area contributed by atoms with E-state index in [0.29, 0.717) is 18.7 Å². The van der Waals surface area contributed by atoms with Gasteiger partial charge in [0.1, 0.15) is 11.5 Å². The van der Waals surface area contributed by atoms with E-state index < -0.39 is 0 Å². The molecule has 2 heterocycles. The summed E-state index contributed by atoms with van der Waals surface area (Å²) in [6.07, 6.45) is 5.72. The van der Waals surface area contributed by atoms with Crippen molar-refractivity contribution in [3.63, 3.8) is 0 Å². The fourth-order valence-electron chi connectivity index (χ4n) is 3.65. The van der Waals surface area contributed by atoms with Gasteiger partial charge in [0.2, 0.25) is 0 Å². The van der Waals surface area contributed by atoms with E-state index in [4.69, 9.17) is 5.73 Å². The second kappa shape index (κ2) is 7.62. The molecule has 1 aliphatic rings. The molecule has 0 saturated carbocycles. The molecule has 1 aromatic carbocycles. The summed E-state index contributed by atoms with van der Waals surface area (Å²) in [5.41, 5.74) is 9.61. The first kappa shape index (κ1) is 17.9. The summed E-state index contributed by atoms with van der Waals surface area (Å²) in [5.74, 6) is 0.540. The van der Waals surface area contributed by atoms with Crippen LogP contribution >= 0.6 is 11.3 Å². The van der Waals surface area contributed by atoms with Gasteiger partial charge in [-0.25, -0.2) is 9.67 Å². The van der Waals surface area contributed by atoms with Crippen molar-refractivity contribution in [3.8, 4) is 0 Å². The molecule has 0 fully saturated rings. The van der Waals surface area contributed by atoms with Gasteiger partial charge >= 0.3 is 0 Å². The number of nitrogens with one attached hydrogen (secondary N) is 1. The molecular formula is C20H23N5OS. The zero-order chi connectivity index (χ0) is 18.8. The van der Waals surface area contributed by atoms with Crippen molar-refractivity contribution < 1.29 is 4.79 Å². The van der Waals surface area contributed by atoms with Crippen LogP contribution in [0.3, 0.4) is 0 Å². The van der Waals surface area contributed by atoms with Crippen LogP contribution < -0.4 is 11.1 Å². The van der Waals surface area contributed by atoms with Crippen LogP contribution in [0.1, 0.15) is 51.1 Å². The number of hydrogen-bond donors (Lipinski definition) is 2. The van der Waals surface area contributed by atoms with Crippen molar-refractivity contribution >= 4 is 23.1 Å². The van der Waals surface area contributed by atoms with Crippen LogP contribution in [0.5, 0.6) is 0 Å². The van der Waals surface area contributed by atoms with Gasteiger partial charge in [-0.2, -0.15) is 5.10 Å². The lowest BCUT2D eigenvalue weighted by Gasteiger charge is -2.27. The Labute approximate surface area is 162 Å². The van der Waals surface area contributed by atoms with E-state index in [-0.39, 0.29) is 11.9 Å². The number of rotatable bonds is 5. The van der Waals surface area contributed by atoms with Crippen LogP contribution in [-0.4, -0.2) is 27.2 Å². The van der Waals surface area contributed by atoms with E-state index in [2.05, 4.69) is 39.7 Å². The highest BCUT2D eigenvalue weighted by molar-refractivity contribution is 7.09. The van der Waals surface area contributed by atoms with Crippen molar-refractivity contribution in [2.45, 2.75) is 38.6 Å². The number of carbonyl (C=O) groups excluding carboxylic acids is 1. The smallest absolute Gasteiger partial charge is 0.276 e. The zero-order valence-electron chi connectivity index (χ0n) is 15.3. The molecule has 27 heavy (non-hydrogen) atoms. The minimum absolute atomic E-state index is 0.141. The monoisotopic (exact) mass is 381 g/mol. The molecular weight excluding hydrogens is 358 g/mol. The third kappa shape index (κ3) is 3.52. The first-order chi connectivity index (χ1) is 13.2. The van der Waals surface area contributed by atoms with Crippen LogP contribution in [0.2, 0.25) is 0 Å². The number of thiazole rings is 1. The number of anilines is 1. The van der Waals surface area contributed by atoms with E-state index >= 15 is 0 Å². The minimum Gasteiger partial charge on any atom is -0.330 e. The molecule has 4 rings (SSSR count). The van der Waals surface area contributed by atoms with Crippen molar-refractivity contribution in [2.75, 3.05) is 11.9 Å². The molecule has 3 aromatic rings. The highest BCUT2D eigenvalue weighted by Crippen LogP contribution is 2.35. The zero-order valence-corrected chi connectivity index (χ0v) is 16.1. The summed E-state index contributed by atoms with van der Waals surface area (Å²) < 4.78 is 1.96. The molecule has 0 radical (unpaired) electrons. The number of aromatic nitrogens is 3. The lowest BCUT2D eigenvalue weighted by Crippen LogP contribution is -2.23. The predicted octanol–water partition coefficient (Wildman–Crippen LogP) is 3.33. The number of hydrogen-bond acceptors (Lipinski definition) is 5. The van der Waals surface area contributed by atoms with Crippen LogP contribution in [0, 0.1) is 6.92 Å². The average Bonchev–Trinajstić information content (AvgIpc) is 3.29. The maximum Gasteiger partial charge on any atom is 0.276 e. The summed E-state index contributed by atoms with van der Waals surface area (Å²) in [7, 11) is 0. The Bertz CT molecular complexity index is 961. The van der Waals surface area contributed by atoms with Gasteiger partial charge in [-0.1, -0.05) is 24.3 Å². The van der Waals surface area contributed by atoms with Crippen molar-refractivity contribution in [2.24, 2.45) is 5.73 Å². The molecule has 3 N–H and O–H groups in total. The molecule has 6 nitrogen and oxygen atoms in total. The van der Waals surface area contributed by atoms with Gasteiger partial charge in [-0.3, -0.25) is 4.79 Å². The highest BCUT2D eigenvalue weighted by atomic mass is 32.1. The molecule has 2 aromatic heterocycles. The molecule has 0 saturated heterocycles. The fraction of sp³-hybridized carbons (Fsp3) is 0.350. The van der Waals surface area contributed by atoms with Gasteiger partial charge in [0, 0.05) is 17.4 Å². The van der Waals surface area contributed by atoms with E-state index in [1.54, 1.807) is 5.38 Å². The number of nitrogens with zero attached hydrogens (tertiary/aromatic N) is 3. The number of nitrogens with two attached hydrogens (primary N) is 1. The van der Waals surface area contributed by atoms with Gasteiger partial charge in [0.15, 0.2) is 0 Å². The quantitative estimate of drug-likeness (QED) is 0.710. The molecule has 0 spiro atoms. The molecule has 7 heteroatoms. The molecule has 1 unspecified atom stereocenters. The Hall–Kier alpha value is -2.51. The Kier molecular flexibility index (Phi) is 5.05. The number of aryl methyl sites for hydroxylation is 2. The Balaban J connectivity index is 1.62. The topological polar surface area (TPSA) is 85.8 Å². The van der Waals surface area contributed by atoms with Crippen molar-refractivity contribution in [1.29, 1.82) is 0 Å². The SMILES string of the molecule is Cc1cnn(C2CCCc3ccccc32)c1NC(=O)c1csc(CCN)n1. The molecule has 1 atom stereocenters. The largest absolute Gasteiger partial charge is 0.330 e. The number of carbonyl (C=O) groups is 1. The molecule has 0 bridgehead atoms. The molecule has 140 valence electrons. The van der Waals surface area contributed by atoms with E-state index in [9.17, 15) is 4.79 Å². The standard InChI is InChI=1S/C20H23N5OS/c1-13-11-22-25(17-8-4-6-14-5-2-3-7-15(14)17)19(13)24-20(26)16-12-27-18(23-16)9-10-21/h2-3,5,7,11-12,17H,4,6,8-10,21H2,1H3,(H,24,26). The minimum atomic E-state index is -0.205. The summed E-state index contributed by atoms with van der Waals surface area (Å²) in [4.78, 5) is 17.1. The second-order valence-electron chi connectivity index (χ2n) is 6.85. The van der Waals surface area contributed by atoms with Gasteiger partial charge in [0.05, 0.1) is 17.2 Å². The molecule has 1 amide bonds. The third-order valence-electron chi connectivity index (χ3n) is 4.99. The predicted molar refractivity (Wildman–Crippen MR) is 107 cm³/mol. The van der Waals surface area contributed by atoms with Crippen LogP contribution in [-0.2, 0) is 12.8 Å². The van der Waals surface area contributed by atoms with Gasteiger partial charge < -0.3 is 11.1 Å². The number of fused-ring (bicyclic) bond motifs is 1. The third-order valence-corrected chi connectivity index (χ3v) is 5.89. The van der Waals surface area contributed by atoms with Crippen LogP contribution in [0.15, 0.2) is 35.8 Å². The highest BCUT2D eigenvalue weighted by Gasteiger charge is 2.25. The van der Waals surface area contributed by atoms with Gasteiger partial charge in [-0.05, 0) is 43.9 Å². The average molecular weight is 382 g/mol. The van der Waals surface area contributed by atoms with Gasteiger partial charge in [0.25, 0.3) is 5.91 Å². The van der Waals surface area contributed by atoms with Crippen molar-refractivity contribution in [1.82, 2.24) is 14.8 Å². The van der Waals surface area contributed by atoms with Gasteiger partial charge in [-0.15, -0.1) is 11.3 Å². The maximum absolute atomic E-state index is 12.7. The number of benzene rings is 1. The lowest BCUT2D eigenvalue weighted by molar-refractivity contribution is 0.102. The number of amides is 1. The summed E-state index contributed by atoms with van der Waals surface area (Å²) in [6.45, 7) is 2.50. The van der Waals surface area contributed by atoms with Crippen molar-refractivity contribution in [3.05, 3.63) is 63.2 Å². The van der Waals surface area contributed by atoms with Crippen LogP contribution in [0.4, 0.5) is 5.82 Å². The lowest BCUT2D eigenvalue weighted by atomic mass is 9.88. The molecule has 1 aliphatic carbocycles. The molecule has 0 aliphatic heterocycles. The van der Waals surface area contributed by atoms with E-state index in [0.717, 1.165) is 35.7 Å².